The van der Waals surface area contributed by atoms with Gasteiger partial charge in [-0.1, -0.05) is 106 Å². The molecule has 158 valence electrons. The van der Waals surface area contributed by atoms with Crippen LogP contribution < -0.4 is 11.1 Å². The van der Waals surface area contributed by atoms with Crippen LogP contribution in [0, 0.1) is 0 Å². The van der Waals surface area contributed by atoms with Gasteiger partial charge in [-0.25, -0.2) is 0 Å². The molecule has 0 heterocycles. The highest BCUT2D eigenvalue weighted by Gasteiger charge is 2.31. The molecule has 3 rings (SSSR count). The number of anilines is 1. The van der Waals surface area contributed by atoms with Gasteiger partial charge in [0, 0.05) is 11.6 Å². The van der Waals surface area contributed by atoms with Crippen molar-refractivity contribution in [3.05, 3.63) is 90.0 Å². The number of nitrogens with one attached hydrogen (secondary N) is 1. The third kappa shape index (κ3) is 6.17. The molecule has 30 heavy (non-hydrogen) atoms. The number of benzene rings is 2. The molecule has 0 spiro atoms. The van der Waals surface area contributed by atoms with Crippen LogP contribution >= 0.6 is 0 Å². The van der Waals surface area contributed by atoms with Crippen LogP contribution in [0.4, 0.5) is 5.69 Å². The van der Waals surface area contributed by atoms with Crippen molar-refractivity contribution in [2.45, 2.75) is 63.3 Å². The average Bonchev–Trinajstić information content (AvgIpc) is 2.78. The predicted octanol–water partition coefficient (Wildman–Crippen LogP) is 6.14. The molecule has 0 radical (unpaired) electrons. The third-order valence-corrected chi connectivity index (χ3v) is 5.77. The van der Waals surface area contributed by atoms with E-state index in [1.807, 2.05) is 42.5 Å². The Hall–Kier alpha value is -2.65. The minimum absolute atomic E-state index is 0.150. The zero-order valence-corrected chi connectivity index (χ0v) is 18.0. The summed E-state index contributed by atoms with van der Waals surface area (Å²) in [7, 11) is 0. The normalized spacial score (nSPS) is 20.3. The van der Waals surface area contributed by atoms with Gasteiger partial charge in [-0.3, -0.25) is 4.79 Å². The number of aryl methyl sites for hydroxylation is 1. The molecule has 1 amide bonds. The second kappa shape index (κ2) is 10.9. The molecule has 3 N–H and O–H groups in total. The largest absolute Gasteiger partial charge is 0.324 e. The maximum atomic E-state index is 12.8. The molecule has 0 bridgehead atoms. The summed E-state index contributed by atoms with van der Waals surface area (Å²) in [6.45, 7) is 2.25. The summed E-state index contributed by atoms with van der Waals surface area (Å²) in [5.41, 5.74) is 8.51. The predicted molar refractivity (Wildman–Crippen MR) is 127 cm³/mol. The maximum absolute atomic E-state index is 12.8. The van der Waals surface area contributed by atoms with Crippen molar-refractivity contribution in [3.8, 4) is 0 Å². The van der Waals surface area contributed by atoms with Crippen LogP contribution in [0.25, 0.3) is 0 Å². The van der Waals surface area contributed by atoms with Gasteiger partial charge in [0.05, 0.1) is 0 Å². The molecule has 1 aliphatic rings. The van der Waals surface area contributed by atoms with E-state index in [2.05, 4.69) is 36.5 Å². The molecule has 2 aromatic rings. The van der Waals surface area contributed by atoms with E-state index >= 15 is 0 Å². The van der Waals surface area contributed by atoms with E-state index in [1.54, 1.807) is 12.2 Å². The zero-order valence-electron chi connectivity index (χ0n) is 18.0. The summed E-state index contributed by atoms with van der Waals surface area (Å²) in [5, 5.41) is 2.96. The smallest absolute Gasteiger partial charge is 0.252 e. The fraction of sp³-hybridized carbons (Fsp3) is 0.370. The minimum Gasteiger partial charge on any atom is -0.324 e. The van der Waals surface area contributed by atoms with E-state index < -0.39 is 5.54 Å². The van der Waals surface area contributed by atoms with Crippen molar-refractivity contribution in [2.24, 2.45) is 5.73 Å². The van der Waals surface area contributed by atoms with Crippen molar-refractivity contribution in [2.75, 3.05) is 5.32 Å². The highest BCUT2D eigenvalue weighted by molar-refractivity contribution is 6.01. The molecule has 0 atom stereocenters. The van der Waals surface area contributed by atoms with Crippen LogP contribution in [0.2, 0.25) is 0 Å². The van der Waals surface area contributed by atoms with Crippen LogP contribution in [0.1, 0.15) is 62.5 Å². The van der Waals surface area contributed by atoms with Crippen molar-refractivity contribution >= 4 is 11.6 Å². The van der Waals surface area contributed by atoms with Gasteiger partial charge in [0.1, 0.15) is 5.54 Å². The molecule has 1 aliphatic carbocycles. The first-order chi connectivity index (χ1) is 14.6. The summed E-state index contributed by atoms with van der Waals surface area (Å²) in [4.78, 5) is 12.8. The number of carbonyl (C=O) groups excluding carboxylic acids is 1. The number of rotatable bonds is 10. The molecule has 0 saturated carbocycles. The highest BCUT2D eigenvalue weighted by atomic mass is 16.2. The number of amides is 1. The van der Waals surface area contributed by atoms with Gasteiger partial charge in [0.15, 0.2) is 0 Å². The molecule has 0 saturated heterocycles. The van der Waals surface area contributed by atoms with Gasteiger partial charge in [-0.15, -0.1) is 0 Å². The lowest BCUT2D eigenvalue weighted by atomic mass is 9.86. The quantitative estimate of drug-likeness (QED) is 0.371. The van der Waals surface area contributed by atoms with Crippen molar-refractivity contribution < 1.29 is 4.79 Å². The number of hydrogen-bond donors (Lipinski definition) is 2. The minimum atomic E-state index is -1.12. The first-order valence-electron chi connectivity index (χ1n) is 11.2. The molecular weight excluding hydrogens is 368 g/mol. The number of unbranched alkanes of at least 4 members (excludes halogenated alkanes) is 5. The molecule has 2 aromatic carbocycles. The van der Waals surface area contributed by atoms with Crippen LogP contribution in [-0.2, 0) is 11.2 Å². The highest BCUT2D eigenvalue weighted by Crippen LogP contribution is 2.26. The standard InChI is InChI=1S/C27H34N2O/c1-2-3-4-5-6-8-11-22-14-16-25(17-15-22)29-26(30)27(28)20-18-24(19-21-27)23-12-9-7-10-13-23/h7,9-10,12-21,24H,2-6,8,11,28H2,1H3,(H,29,30). The van der Waals surface area contributed by atoms with Gasteiger partial charge >= 0.3 is 0 Å². The Morgan fingerprint density at radius 3 is 2.20 bits per heavy atom. The molecule has 0 aliphatic heterocycles. The van der Waals surface area contributed by atoms with Gasteiger partial charge < -0.3 is 11.1 Å². The van der Waals surface area contributed by atoms with Gasteiger partial charge in [-0.2, -0.15) is 0 Å². The van der Waals surface area contributed by atoms with E-state index in [1.165, 1.54) is 49.7 Å². The number of nitrogens with two attached hydrogens (primary N) is 1. The van der Waals surface area contributed by atoms with Crippen LogP contribution in [0.3, 0.4) is 0 Å². The Bertz CT molecular complexity index is 838. The van der Waals surface area contributed by atoms with Gasteiger partial charge in [0.25, 0.3) is 5.91 Å². The summed E-state index contributed by atoms with van der Waals surface area (Å²) in [6.07, 6.45) is 16.5. The summed E-state index contributed by atoms with van der Waals surface area (Å²) in [6, 6.07) is 18.3. The van der Waals surface area contributed by atoms with E-state index in [4.69, 9.17) is 5.73 Å². The van der Waals surface area contributed by atoms with E-state index in [9.17, 15) is 4.79 Å². The number of allylic oxidation sites excluding steroid dienone is 2. The Kier molecular flexibility index (Phi) is 8.04. The molecule has 3 nitrogen and oxygen atoms in total. The van der Waals surface area contributed by atoms with Crippen molar-refractivity contribution in [1.29, 1.82) is 0 Å². The second-order valence-corrected chi connectivity index (χ2v) is 8.26. The summed E-state index contributed by atoms with van der Waals surface area (Å²) >= 11 is 0. The molecular formula is C27H34N2O. The van der Waals surface area contributed by atoms with Gasteiger partial charge in [0.2, 0.25) is 0 Å². The van der Waals surface area contributed by atoms with E-state index in [0.29, 0.717) is 0 Å². The second-order valence-electron chi connectivity index (χ2n) is 8.26. The first kappa shape index (κ1) is 22.0. The van der Waals surface area contributed by atoms with Crippen molar-refractivity contribution in [3.63, 3.8) is 0 Å². The lowest BCUT2D eigenvalue weighted by Crippen LogP contribution is -2.48. The average molecular weight is 403 g/mol. The Balaban J connectivity index is 1.49. The van der Waals surface area contributed by atoms with Crippen LogP contribution in [0.5, 0.6) is 0 Å². The summed E-state index contributed by atoms with van der Waals surface area (Å²) in [5.74, 6) is -0.0675. The Morgan fingerprint density at radius 2 is 1.53 bits per heavy atom. The third-order valence-electron chi connectivity index (χ3n) is 5.77. The number of carbonyl (C=O) groups is 1. The monoisotopic (exact) mass is 402 g/mol. The Morgan fingerprint density at radius 1 is 0.900 bits per heavy atom. The lowest BCUT2D eigenvalue weighted by Gasteiger charge is -2.26. The molecule has 0 unspecified atom stereocenters. The maximum Gasteiger partial charge on any atom is 0.252 e. The van der Waals surface area contributed by atoms with E-state index in [0.717, 1.165) is 12.1 Å². The topological polar surface area (TPSA) is 55.1 Å². The zero-order chi connectivity index (χ0) is 21.2. The van der Waals surface area contributed by atoms with E-state index in [-0.39, 0.29) is 11.8 Å². The SMILES string of the molecule is CCCCCCCCc1ccc(NC(=O)C2(N)C=CC(c3ccccc3)C=C2)cc1. The van der Waals surface area contributed by atoms with Gasteiger partial charge in [-0.05, 0) is 36.1 Å². The fourth-order valence-corrected chi connectivity index (χ4v) is 3.80. The fourth-order valence-electron chi connectivity index (χ4n) is 3.80. The first-order valence-corrected chi connectivity index (χ1v) is 11.2. The Labute approximate surface area is 181 Å². The van der Waals surface area contributed by atoms with Crippen LogP contribution in [-0.4, -0.2) is 11.4 Å². The lowest BCUT2D eigenvalue weighted by molar-refractivity contribution is -0.118. The molecule has 0 fully saturated rings. The molecule has 3 heteroatoms. The molecule has 0 aromatic heterocycles. The summed E-state index contributed by atoms with van der Waals surface area (Å²) < 4.78 is 0. The number of hydrogen-bond acceptors (Lipinski definition) is 2. The van der Waals surface area contributed by atoms with Crippen molar-refractivity contribution in [1.82, 2.24) is 0 Å². The van der Waals surface area contributed by atoms with Crippen LogP contribution in [0.15, 0.2) is 78.9 Å².